The average molecular weight is 383 g/mol. The molecule has 28 heavy (non-hydrogen) atoms. The van der Waals surface area contributed by atoms with Gasteiger partial charge in [-0.05, 0) is 36.6 Å². The molecule has 0 bridgehead atoms. The fraction of sp³-hybridized carbons (Fsp3) is 0.300. The minimum atomic E-state index is -1.22. The molecule has 0 aliphatic heterocycles. The maximum absolute atomic E-state index is 13.0. The van der Waals surface area contributed by atoms with E-state index in [9.17, 15) is 14.7 Å². The van der Waals surface area contributed by atoms with Crippen LogP contribution in [0.3, 0.4) is 0 Å². The first-order chi connectivity index (χ1) is 13.3. The maximum atomic E-state index is 13.0. The van der Waals surface area contributed by atoms with Gasteiger partial charge in [-0.25, -0.2) is 9.78 Å². The number of ether oxygens (including phenoxy) is 1. The van der Waals surface area contributed by atoms with Gasteiger partial charge in [0.2, 0.25) is 0 Å². The molecule has 2 aromatic heterocycles. The normalized spacial score (nSPS) is 12.2. The quantitative estimate of drug-likeness (QED) is 0.671. The van der Waals surface area contributed by atoms with E-state index in [-0.39, 0.29) is 17.2 Å². The van der Waals surface area contributed by atoms with Crippen LogP contribution in [0.25, 0.3) is 11.1 Å². The highest BCUT2D eigenvalue weighted by molar-refractivity contribution is 6.07. The summed E-state index contributed by atoms with van der Waals surface area (Å²) in [6.07, 6.45) is 0. The van der Waals surface area contributed by atoms with Gasteiger partial charge in [-0.15, -0.1) is 0 Å². The van der Waals surface area contributed by atoms with Crippen LogP contribution in [0.4, 0.5) is 0 Å². The van der Waals surface area contributed by atoms with Gasteiger partial charge in [0, 0.05) is 5.69 Å². The van der Waals surface area contributed by atoms with E-state index in [1.807, 2.05) is 13.8 Å². The van der Waals surface area contributed by atoms with E-state index in [1.165, 1.54) is 7.11 Å². The Morgan fingerprint density at radius 3 is 2.46 bits per heavy atom. The third-order valence-electron chi connectivity index (χ3n) is 4.44. The molecule has 0 saturated heterocycles. The molecule has 0 aliphatic carbocycles. The number of methoxy groups -OCH3 is 1. The molecule has 3 aromatic rings. The van der Waals surface area contributed by atoms with Gasteiger partial charge in [-0.1, -0.05) is 31.1 Å². The summed E-state index contributed by atoms with van der Waals surface area (Å²) in [5.74, 6) is -1.06. The highest BCUT2D eigenvalue weighted by Gasteiger charge is 2.26. The number of fused-ring (bicyclic) bond motifs is 1. The number of aromatic nitrogens is 2. The van der Waals surface area contributed by atoms with Gasteiger partial charge in [0.25, 0.3) is 11.6 Å². The molecule has 1 unspecified atom stereocenters. The van der Waals surface area contributed by atoms with Crippen LogP contribution in [-0.2, 0) is 4.79 Å². The zero-order valence-corrected chi connectivity index (χ0v) is 16.0. The van der Waals surface area contributed by atoms with Gasteiger partial charge in [-0.2, -0.15) is 0 Å². The van der Waals surface area contributed by atoms with E-state index in [4.69, 9.17) is 9.26 Å². The lowest BCUT2D eigenvalue weighted by Gasteiger charge is -2.16. The van der Waals surface area contributed by atoms with Crippen molar-refractivity contribution in [1.29, 1.82) is 0 Å². The molecule has 0 radical (unpaired) electrons. The SMILES string of the molecule is COc1ccc(C(NC(=O)c2cc(C(C)C)nc3onc(C)c23)C(=O)O)cc1. The number of hydrogen-bond acceptors (Lipinski definition) is 6. The highest BCUT2D eigenvalue weighted by atomic mass is 16.5. The number of nitrogens with zero attached hydrogens (tertiary/aromatic N) is 2. The third kappa shape index (κ3) is 3.66. The minimum Gasteiger partial charge on any atom is -0.497 e. The second-order valence-corrected chi connectivity index (χ2v) is 6.72. The first-order valence-electron chi connectivity index (χ1n) is 8.76. The number of aryl methyl sites for hydroxylation is 1. The smallest absolute Gasteiger partial charge is 0.330 e. The van der Waals surface area contributed by atoms with Crippen LogP contribution in [0.15, 0.2) is 34.9 Å². The zero-order valence-electron chi connectivity index (χ0n) is 16.0. The summed E-state index contributed by atoms with van der Waals surface area (Å²) in [5, 5.41) is 16.6. The topological polar surface area (TPSA) is 115 Å². The Labute approximate surface area is 161 Å². The summed E-state index contributed by atoms with van der Waals surface area (Å²) in [4.78, 5) is 29.2. The van der Waals surface area contributed by atoms with Gasteiger partial charge in [0.1, 0.15) is 5.75 Å². The number of carbonyl (C=O) groups excluding carboxylic acids is 1. The molecule has 0 aliphatic rings. The van der Waals surface area contributed by atoms with Gasteiger partial charge in [-0.3, -0.25) is 4.79 Å². The van der Waals surface area contributed by atoms with E-state index in [1.54, 1.807) is 37.3 Å². The Morgan fingerprint density at radius 2 is 1.89 bits per heavy atom. The second-order valence-electron chi connectivity index (χ2n) is 6.72. The van der Waals surface area contributed by atoms with Crippen molar-refractivity contribution in [1.82, 2.24) is 15.5 Å². The predicted molar refractivity (Wildman–Crippen MR) is 101 cm³/mol. The van der Waals surface area contributed by atoms with Crippen molar-refractivity contribution in [3.8, 4) is 5.75 Å². The van der Waals surface area contributed by atoms with E-state index in [0.717, 1.165) is 0 Å². The van der Waals surface area contributed by atoms with Crippen molar-refractivity contribution in [2.45, 2.75) is 32.7 Å². The molecule has 8 nitrogen and oxygen atoms in total. The van der Waals surface area contributed by atoms with Gasteiger partial charge >= 0.3 is 5.97 Å². The number of aliphatic carboxylic acids is 1. The summed E-state index contributed by atoms with van der Waals surface area (Å²) in [7, 11) is 1.52. The molecule has 0 spiro atoms. The number of carboxylic acids is 1. The average Bonchev–Trinajstić information content (AvgIpc) is 3.06. The molecule has 3 rings (SSSR count). The van der Waals surface area contributed by atoms with E-state index in [0.29, 0.717) is 28.1 Å². The van der Waals surface area contributed by atoms with Crippen molar-refractivity contribution in [3.63, 3.8) is 0 Å². The maximum Gasteiger partial charge on any atom is 0.330 e. The van der Waals surface area contributed by atoms with Gasteiger partial charge in [0.05, 0.1) is 23.8 Å². The Hall–Kier alpha value is -3.42. The van der Waals surface area contributed by atoms with Crippen LogP contribution in [0.2, 0.25) is 0 Å². The molecular weight excluding hydrogens is 362 g/mol. The van der Waals surface area contributed by atoms with Crippen molar-refractivity contribution in [2.75, 3.05) is 7.11 Å². The largest absolute Gasteiger partial charge is 0.497 e. The number of rotatable bonds is 6. The molecule has 2 heterocycles. The summed E-state index contributed by atoms with van der Waals surface area (Å²) < 4.78 is 10.3. The number of carbonyl (C=O) groups is 2. The lowest BCUT2D eigenvalue weighted by molar-refractivity contribution is -0.139. The number of carboxylic acid groups (broad SMARTS) is 1. The number of nitrogens with one attached hydrogen (secondary N) is 1. The molecule has 146 valence electrons. The molecular formula is C20H21N3O5. The third-order valence-corrected chi connectivity index (χ3v) is 4.44. The van der Waals surface area contributed by atoms with Crippen LogP contribution in [0.5, 0.6) is 5.75 Å². The van der Waals surface area contributed by atoms with E-state index < -0.39 is 17.9 Å². The number of hydrogen-bond donors (Lipinski definition) is 2. The molecule has 0 saturated carbocycles. The van der Waals surface area contributed by atoms with Crippen LogP contribution in [0.1, 0.15) is 53.1 Å². The summed E-state index contributed by atoms with van der Waals surface area (Å²) in [5.41, 5.74) is 2.14. The van der Waals surface area contributed by atoms with Crippen molar-refractivity contribution >= 4 is 23.0 Å². The standard InChI is InChI=1S/C20H21N3O5/c1-10(2)15-9-14(16-11(3)23-28-19(16)21-15)18(24)22-17(20(25)26)12-5-7-13(27-4)8-6-12/h5-10,17H,1-4H3,(H,22,24)(H,25,26). The molecule has 1 atom stereocenters. The lowest BCUT2D eigenvalue weighted by atomic mass is 10.0. The summed E-state index contributed by atoms with van der Waals surface area (Å²) in [6.45, 7) is 5.59. The first kappa shape index (κ1) is 19.3. The Balaban J connectivity index is 2.00. The zero-order chi connectivity index (χ0) is 20.4. The number of pyridine rings is 1. The predicted octanol–water partition coefficient (Wildman–Crippen LogP) is 3.22. The molecule has 1 amide bonds. The van der Waals surface area contributed by atoms with Gasteiger partial charge in [0.15, 0.2) is 6.04 Å². The van der Waals surface area contributed by atoms with Crippen molar-refractivity contribution in [3.05, 3.63) is 52.8 Å². The van der Waals surface area contributed by atoms with Crippen molar-refractivity contribution < 1.29 is 24.0 Å². The van der Waals surface area contributed by atoms with Crippen LogP contribution >= 0.6 is 0 Å². The molecule has 0 fully saturated rings. The summed E-state index contributed by atoms with van der Waals surface area (Å²) in [6, 6.07) is 6.92. The Morgan fingerprint density at radius 1 is 1.21 bits per heavy atom. The fourth-order valence-corrected chi connectivity index (χ4v) is 2.88. The van der Waals surface area contributed by atoms with Crippen LogP contribution < -0.4 is 10.1 Å². The van der Waals surface area contributed by atoms with Crippen LogP contribution in [0, 0.1) is 6.92 Å². The molecule has 8 heteroatoms. The van der Waals surface area contributed by atoms with Gasteiger partial charge < -0.3 is 19.7 Å². The highest BCUT2D eigenvalue weighted by Crippen LogP contribution is 2.26. The Bertz CT molecular complexity index is 1020. The number of amides is 1. The molecule has 2 N–H and O–H groups in total. The second kappa shape index (κ2) is 7.67. The fourth-order valence-electron chi connectivity index (χ4n) is 2.88. The number of benzene rings is 1. The first-order valence-corrected chi connectivity index (χ1v) is 8.76. The summed E-state index contributed by atoms with van der Waals surface area (Å²) >= 11 is 0. The minimum absolute atomic E-state index is 0.0539. The Kier molecular flexibility index (Phi) is 5.30. The molecule has 1 aromatic carbocycles. The van der Waals surface area contributed by atoms with Crippen molar-refractivity contribution in [2.24, 2.45) is 0 Å². The van der Waals surface area contributed by atoms with Crippen LogP contribution in [-0.4, -0.2) is 34.2 Å². The monoisotopic (exact) mass is 383 g/mol. The van der Waals surface area contributed by atoms with E-state index in [2.05, 4.69) is 15.5 Å². The lowest BCUT2D eigenvalue weighted by Crippen LogP contribution is -2.34. The van der Waals surface area contributed by atoms with E-state index >= 15 is 0 Å².